The molecule has 0 fully saturated rings. The van der Waals surface area contributed by atoms with Gasteiger partial charge in [-0.05, 0) is 51.3 Å². The van der Waals surface area contributed by atoms with Crippen LogP contribution in [0.5, 0.6) is 0 Å². The Morgan fingerprint density at radius 3 is 2.55 bits per heavy atom. The van der Waals surface area contributed by atoms with Crippen molar-refractivity contribution in [1.82, 2.24) is 14.5 Å². The van der Waals surface area contributed by atoms with Crippen molar-refractivity contribution in [3.63, 3.8) is 0 Å². The van der Waals surface area contributed by atoms with Crippen LogP contribution < -0.4 is 10.6 Å². The minimum atomic E-state index is -3.22. The summed E-state index contributed by atoms with van der Waals surface area (Å²) in [4.78, 5) is 25.8. The van der Waals surface area contributed by atoms with Gasteiger partial charge in [0.15, 0.2) is 0 Å². The highest BCUT2D eigenvalue weighted by Gasteiger charge is 2.26. The molecule has 9 heteroatoms. The monoisotopic (exact) mass is 424 g/mol. The fourth-order valence-electron chi connectivity index (χ4n) is 3.24. The Bertz CT molecular complexity index is 862. The third-order valence-corrected chi connectivity index (χ3v) is 6.57. The van der Waals surface area contributed by atoms with Crippen LogP contribution in [-0.4, -0.2) is 67.4 Å². The number of fused-ring (bicyclic) bond motifs is 1. The molecule has 0 spiro atoms. The lowest BCUT2D eigenvalue weighted by atomic mass is 9.99. The van der Waals surface area contributed by atoms with E-state index in [0.717, 1.165) is 16.8 Å². The highest BCUT2D eigenvalue weighted by Crippen LogP contribution is 2.27. The molecule has 2 amide bonds. The molecule has 2 rings (SSSR count). The third kappa shape index (κ3) is 6.43. The second-order valence-corrected chi connectivity index (χ2v) is 10.6. The first-order chi connectivity index (χ1) is 13.4. The average molecular weight is 425 g/mol. The summed E-state index contributed by atoms with van der Waals surface area (Å²) >= 11 is 0. The summed E-state index contributed by atoms with van der Waals surface area (Å²) in [5, 5.41) is 5.99. The Kier molecular flexibility index (Phi) is 7.29. The number of rotatable bonds is 7. The summed E-state index contributed by atoms with van der Waals surface area (Å²) in [5.41, 5.74) is 2.47. The zero-order valence-corrected chi connectivity index (χ0v) is 18.7. The largest absolute Gasteiger partial charge is 0.376 e. The SMILES string of the molecule is CCS(=O)(=O)N1CCc2c(cccc2NCC(=O)N(C)CC(=O)NC(C)(C)C)C1. The summed E-state index contributed by atoms with van der Waals surface area (Å²) < 4.78 is 25.8. The number of amides is 2. The summed E-state index contributed by atoms with van der Waals surface area (Å²) in [5.74, 6) is -0.315. The number of benzene rings is 1. The predicted molar refractivity (Wildman–Crippen MR) is 114 cm³/mol. The van der Waals surface area contributed by atoms with Gasteiger partial charge in [-0.2, -0.15) is 4.31 Å². The van der Waals surface area contributed by atoms with Crippen LogP contribution in [0.4, 0.5) is 5.69 Å². The molecule has 1 heterocycles. The van der Waals surface area contributed by atoms with Crippen molar-refractivity contribution in [2.45, 2.75) is 46.2 Å². The lowest BCUT2D eigenvalue weighted by Gasteiger charge is -2.29. The van der Waals surface area contributed by atoms with E-state index in [0.29, 0.717) is 19.5 Å². The van der Waals surface area contributed by atoms with E-state index in [4.69, 9.17) is 0 Å². The van der Waals surface area contributed by atoms with Gasteiger partial charge in [0.25, 0.3) is 0 Å². The minimum absolute atomic E-state index is 0.00544. The maximum absolute atomic E-state index is 12.4. The molecule has 0 unspecified atom stereocenters. The van der Waals surface area contributed by atoms with E-state index < -0.39 is 10.0 Å². The molecule has 8 nitrogen and oxygen atoms in total. The molecule has 0 radical (unpaired) electrons. The number of nitrogens with one attached hydrogen (secondary N) is 2. The second kappa shape index (κ2) is 9.13. The van der Waals surface area contributed by atoms with Crippen LogP contribution in [0.1, 0.15) is 38.8 Å². The van der Waals surface area contributed by atoms with E-state index in [2.05, 4.69) is 10.6 Å². The zero-order chi connectivity index (χ0) is 21.8. The molecule has 1 aromatic carbocycles. The molecule has 1 aromatic rings. The summed E-state index contributed by atoms with van der Waals surface area (Å²) in [7, 11) is -1.63. The maximum Gasteiger partial charge on any atom is 0.242 e. The molecular weight excluding hydrogens is 392 g/mol. The Hall–Kier alpha value is -2.13. The number of sulfonamides is 1. The van der Waals surface area contributed by atoms with Crippen molar-refractivity contribution in [2.24, 2.45) is 0 Å². The van der Waals surface area contributed by atoms with E-state index in [1.54, 1.807) is 14.0 Å². The van der Waals surface area contributed by atoms with Crippen LogP contribution in [0.15, 0.2) is 18.2 Å². The molecule has 0 aliphatic carbocycles. The maximum atomic E-state index is 12.4. The number of hydrogen-bond acceptors (Lipinski definition) is 5. The van der Waals surface area contributed by atoms with Gasteiger partial charge in [0.2, 0.25) is 21.8 Å². The summed E-state index contributed by atoms with van der Waals surface area (Å²) in [6.07, 6.45) is 0.593. The molecule has 0 saturated carbocycles. The normalized spacial score (nSPS) is 14.8. The number of anilines is 1. The Morgan fingerprint density at radius 2 is 1.93 bits per heavy atom. The highest BCUT2D eigenvalue weighted by molar-refractivity contribution is 7.89. The molecule has 162 valence electrons. The van der Waals surface area contributed by atoms with Gasteiger partial charge in [-0.3, -0.25) is 9.59 Å². The smallest absolute Gasteiger partial charge is 0.242 e. The summed E-state index contributed by atoms with van der Waals surface area (Å²) in [6.45, 7) is 8.15. The van der Waals surface area contributed by atoms with E-state index >= 15 is 0 Å². The van der Waals surface area contributed by atoms with E-state index in [9.17, 15) is 18.0 Å². The van der Waals surface area contributed by atoms with Crippen LogP contribution in [-0.2, 0) is 32.6 Å². The molecule has 1 aliphatic heterocycles. The molecular formula is C20H32N4O4S. The van der Waals surface area contributed by atoms with Crippen molar-refractivity contribution in [3.8, 4) is 0 Å². The standard InChI is InChI=1S/C20H32N4O4S/c1-6-29(27,28)24-11-10-16-15(13-24)8-7-9-17(16)21-12-19(26)23(5)14-18(25)22-20(2,3)4/h7-9,21H,6,10-14H2,1-5H3,(H,22,25). The lowest BCUT2D eigenvalue weighted by Crippen LogP contribution is -2.47. The molecule has 29 heavy (non-hydrogen) atoms. The molecule has 0 saturated heterocycles. The van der Waals surface area contributed by atoms with E-state index in [1.807, 2.05) is 39.0 Å². The van der Waals surface area contributed by atoms with E-state index in [-0.39, 0.29) is 36.2 Å². The van der Waals surface area contributed by atoms with Crippen molar-refractivity contribution in [3.05, 3.63) is 29.3 Å². The molecule has 0 atom stereocenters. The fraction of sp³-hybridized carbons (Fsp3) is 0.600. The van der Waals surface area contributed by atoms with Gasteiger partial charge in [0.05, 0.1) is 18.8 Å². The minimum Gasteiger partial charge on any atom is -0.376 e. The van der Waals surface area contributed by atoms with Crippen LogP contribution in [0, 0.1) is 0 Å². The van der Waals surface area contributed by atoms with E-state index in [1.165, 1.54) is 9.21 Å². The quantitative estimate of drug-likeness (QED) is 0.685. The number of nitrogens with zero attached hydrogens (tertiary/aromatic N) is 2. The molecule has 0 bridgehead atoms. The van der Waals surface area contributed by atoms with Gasteiger partial charge in [-0.25, -0.2) is 8.42 Å². The third-order valence-electron chi connectivity index (χ3n) is 4.74. The number of hydrogen-bond donors (Lipinski definition) is 2. The Labute approximate surface area is 173 Å². The van der Waals surface area contributed by atoms with Crippen LogP contribution in [0.3, 0.4) is 0 Å². The van der Waals surface area contributed by atoms with Crippen LogP contribution in [0.2, 0.25) is 0 Å². The number of likely N-dealkylation sites (N-methyl/N-ethyl adjacent to an activating group) is 1. The predicted octanol–water partition coefficient (Wildman–Crippen LogP) is 1.18. The first kappa shape index (κ1) is 23.2. The average Bonchev–Trinajstić information content (AvgIpc) is 2.63. The first-order valence-electron chi connectivity index (χ1n) is 9.80. The zero-order valence-electron chi connectivity index (χ0n) is 17.9. The number of carbonyl (C=O) groups excluding carboxylic acids is 2. The molecule has 2 N–H and O–H groups in total. The van der Waals surface area contributed by atoms with Crippen molar-refractivity contribution in [1.29, 1.82) is 0 Å². The number of carbonyl (C=O) groups is 2. The van der Waals surface area contributed by atoms with Crippen molar-refractivity contribution >= 4 is 27.5 Å². The second-order valence-electron chi connectivity index (χ2n) is 8.33. The molecule has 1 aliphatic rings. The highest BCUT2D eigenvalue weighted by atomic mass is 32.2. The van der Waals surface area contributed by atoms with Gasteiger partial charge >= 0.3 is 0 Å². The Balaban J connectivity index is 1.98. The molecule has 0 aromatic heterocycles. The van der Waals surface area contributed by atoms with Crippen LogP contribution in [0.25, 0.3) is 0 Å². The van der Waals surface area contributed by atoms with Gasteiger partial charge in [-0.15, -0.1) is 0 Å². The van der Waals surface area contributed by atoms with Gasteiger partial charge in [0, 0.05) is 31.4 Å². The van der Waals surface area contributed by atoms with Crippen LogP contribution >= 0.6 is 0 Å². The lowest BCUT2D eigenvalue weighted by molar-refractivity contribution is -0.133. The topological polar surface area (TPSA) is 98.8 Å². The van der Waals surface area contributed by atoms with Crippen molar-refractivity contribution < 1.29 is 18.0 Å². The van der Waals surface area contributed by atoms with Gasteiger partial charge in [-0.1, -0.05) is 12.1 Å². The van der Waals surface area contributed by atoms with Crippen molar-refractivity contribution in [2.75, 3.05) is 37.8 Å². The summed E-state index contributed by atoms with van der Waals surface area (Å²) in [6, 6.07) is 5.67. The van der Waals surface area contributed by atoms with Gasteiger partial charge in [0.1, 0.15) is 0 Å². The first-order valence-corrected chi connectivity index (χ1v) is 11.4. The fourth-order valence-corrected chi connectivity index (χ4v) is 4.31. The van der Waals surface area contributed by atoms with Gasteiger partial charge < -0.3 is 15.5 Å². The Morgan fingerprint density at radius 1 is 1.24 bits per heavy atom.